The molecular formula is C6H14N2O2. The van der Waals surface area contributed by atoms with E-state index in [0.29, 0.717) is 13.0 Å². The van der Waals surface area contributed by atoms with Crippen LogP contribution in [0.4, 0.5) is 0 Å². The smallest absolute Gasteiger partial charge is 0.246 e. The fourth-order valence-electron chi connectivity index (χ4n) is 0.523. The van der Waals surface area contributed by atoms with Gasteiger partial charge in [-0.15, -0.1) is 0 Å². The second-order valence-electron chi connectivity index (χ2n) is 2.51. The first-order valence-corrected chi connectivity index (χ1v) is 3.16. The molecule has 0 spiro atoms. The van der Waals surface area contributed by atoms with E-state index < -0.39 is 12.0 Å². The first-order chi connectivity index (χ1) is 4.54. The second-order valence-corrected chi connectivity index (χ2v) is 2.51. The van der Waals surface area contributed by atoms with Crippen LogP contribution in [0.3, 0.4) is 0 Å². The maximum absolute atomic E-state index is 10.3. The summed E-state index contributed by atoms with van der Waals surface area (Å²) in [6.45, 7) is 0.671. The maximum atomic E-state index is 10.3. The molecule has 3 N–H and O–H groups in total. The Balaban J connectivity index is 3.40. The van der Waals surface area contributed by atoms with Crippen molar-refractivity contribution in [3.8, 4) is 0 Å². The molecule has 60 valence electrons. The lowest BCUT2D eigenvalue weighted by atomic mass is 10.2. The Bertz CT molecular complexity index is 114. The fourth-order valence-corrected chi connectivity index (χ4v) is 0.523. The Morgan fingerprint density at radius 1 is 1.70 bits per heavy atom. The zero-order valence-electron chi connectivity index (χ0n) is 6.37. The van der Waals surface area contributed by atoms with E-state index in [1.54, 1.807) is 0 Å². The summed E-state index contributed by atoms with van der Waals surface area (Å²) in [5.41, 5.74) is 4.81. The fraction of sp³-hybridized carbons (Fsp3) is 0.833. The van der Waals surface area contributed by atoms with Crippen molar-refractivity contribution in [2.45, 2.75) is 12.5 Å². The zero-order valence-corrected chi connectivity index (χ0v) is 6.37. The lowest BCUT2D eigenvalue weighted by Crippen LogP contribution is -2.31. The van der Waals surface area contributed by atoms with Gasteiger partial charge in [-0.05, 0) is 20.5 Å². The van der Waals surface area contributed by atoms with Crippen molar-refractivity contribution in [1.82, 2.24) is 4.90 Å². The number of aliphatic hydroxyl groups is 1. The van der Waals surface area contributed by atoms with E-state index in [2.05, 4.69) is 0 Å². The zero-order chi connectivity index (χ0) is 8.15. The number of nitrogens with zero attached hydrogens (tertiary/aromatic N) is 1. The number of carbonyl (C=O) groups is 1. The molecule has 0 saturated heterocycles. The lowest BCUT2D eigenvalue weighted by molar-refractivity contribution is -0.126. The normalized spacial score (nSPS) is 13.6. The van der Waals surface area contributed by atoms with Gasteiger partial charge in [-0.25, -0.2) is 0 Å². The quantitative estimate of drug-likeness (QED) is 0.522. The van der Waals surface area contributed by atoms with Gasteiger partial charge in [0.2, 0.25) is 5.91 Å². The molecule has 0 aliphatic carbocycles. The van der Waals surface area contributed by atoms with Crippen molar-refractivity contribution in [2.75, 3.05) is 20.6 Å². The van der Waals surface area contributed by atoms with Gasteiger partial charge < -0.3 is 15.7 Å². The van der Waals surface area contributed by atoms with Gasteiger partial charge >= 0.3 is 0 Å². The Labute approximate surface area is 60.6 Å². The third-order valence-electron chi connectivity index (χ3n) is 1.18. The molecule has 0 aromatic carbocycles. The number of hydrogen-bond acceptors (Lipinski definition) is 3. The molecule has 0 radical (unpaired) electrons. The summed E-state index contributed by atoms with van der Waals surface area (Å²) in [4.78, 5) is 12.1. The largest absolute Gasteiger partial charge is 0.383 e. The van der Waals surface area contributed by atoms with Gasteiger partial charge in [0.25, 0.3) is 0 Å². The van der Waals surface area contributed by atoms with Gasteiger partial charge in [0.05, 0.1) is 0 Å². The molecule has 0 aliphatic rings. The van der Waals surface area contributed by atoms with Crippen LogP contribution in [0.2, 0.25) is 0 Å². The Hall–Kier alpha value is -0.610. The highest BCUT2D eigenvalue weighted by molar-refractivity contribution is 5.78. The van der Waals surface area contributed by atoms with Gasteiger partial charge in [-0.2, -0.15) is 0 Å². The van der Waals surface area contributed by atoms with Crippen molar-refractivity contribution in [3.63, 3.8) is 0 Å². The molecule has 0 fully saturated rings. The number of carbonyl (C=O) groups excluding carboxylic acids is 1. The number of aliphatic hydroxyl groups excluding tert-OH is 1. The minimum Gasteiger partial charge on any atom is -0.383 e. The molecule has 1 atom stereocenters. The minimum absolute atomic E-state index is 0.405. The van der Waals surface area contributed by atoms with E-state index >= 15 is 0 Å². The number of hydrogen-bond donors (Lipinski definition) is 2. The number of primary amides is 1. The molecule has 0 aromatic heterocycles. The van der Waals surface area contributed by atoms with Crippen LogP contribution in [0, 0.1) is 0 Å². The summed E-state index contributed by atoms with van der Waals surface area (Å²) in [5.74, 6) is -0.651. The summed E-state index contributed by atoms with van der Waals surface area (Å²) >= 11 is 0. The first-order valence-electron chi connectivity index (χ1n) is 3.16. The third kappa shape index (κ3) is 4.29. The molecule has 4 nitrogen and oxygen atoms in total. The van der Waals surface area contributed by atoms with E-state index in [4.69, 9.17) is 10.8 Å². The molecule has 1 amide bonds. The van der Waals surface area contributed by atoms with Crippen LogP contribution in [-0.2, 0) is 4.79 Å². The summed E-state index contributed by atoms with van der Waals surface area (Å²) in [5, 5.41) is 8.87. The van der Waals surface area contributed by atoms with Crippen molar-refractivity contribution in [3.05, 3.63) is 0 Å². The van der Waals surface area contributed by atoms with Crippen LogP contribution in [-0.4, -0.2) is 42.7 Å². The third-order valence-corrected chi connectivity index (χ3v) is 1.18. The topological polar surface area (TPSA) is 66.6 Å². The Morgan fingerprint density at radius 2 is 2.20 bits per heavy atom. The van der Waals surface area contributed by atoms with E-state index in [1.165, 1.54) is 0 Å². The molecule has 0 rings (SSSR count). The molecule has 4 heteroatoms. The predicted octanol–water partition coefficient (Wildman–Crippen LogP) is -1.22. The summed E-state index contributed by atoms with van der Waals surface area (Å²) in [6, 6.07) is 0. The molecule has 0 heterocycles. The Kier molecular flexibility index (Phi) is 3.99. The summed E-state index contributed by atoms with van der Waals surface area (Å²) in [6.07, 6.45) is -0.593. The maximum Gasteiger partial charge on any atom is 0.246 e. The molecule has 0 saturated carbocycles. The van der Waals surface area contributed by atoms with Crippen LogP contribution >= 0.6 is 0 Å². The minimum atomic E-state index is -0.998. The van der Waals surface area contributed by atoms with E-state index in [1.807, 2.05) is 19.0 Å². The van der Waals surface area contributed by atoms with Gasteiger partial charge in [-0.3, -0.25) is 4.79 Å². The van der Waals surface area contributed by atoms with Crippen molar-refractivity contribution < 1.29 is 9.90 Å². The molecular weight excluding hydrogens is 132 g/mol. The van der Waals surface area contributed by atoms with E-state index in [0.717, 1.165) is 0 Å². The van der Waals surface area contributed by atoms with Crippen molar-refractivity contribution >= 4 is 5.91 Å². The standard InChI is InChI=1S/C6H14N2O2/c1-8(2)4-3-5(9)6(7)10/h5,9H,3-4H2,1-2H3,(H2,7,10). The first kappa shape index (κ1) is 9.39. The highest BCUT2D eigenvalue weighted by Crippen LogP contribution is 1.90. The average molecular weight is 146 g/mol. The second kappa shape index (κ2) is 4.24. The van der Waals surface area contributed by atoms with Crippen LogP contribution < -0.4 is 5.73 Å². The highest BCUT2D eigenvalue weighted by Gasteiger charge is 2.09. The van der Waals surface area contributed by atoms with Crippen LogP contribution in [0.1, 0.15) is 6.42 Å². The average Bonchev–Trinajstić information content (AvgIpc) is 1.82. The van der Waals surface area contributed by atoms with Crippen LogP contribution in [0.25, 0.3) is 0 Å². The van der Waals surface area contributed by atoms with Gasteiger partial charge in [0.15, 0.2) is 0 Å². The monoisotopic (exact) mass is 146 g/mol. The van der Waals surface area contributed by atoms with Crippen LogP contribution in [0.15, 0.2) is 0 Å². The van der Waals surface area contributed by atoms with Gasteiger partial charge in [-0.1, -0.05) is 0 Å². The molecule has 10 heavy (non-hydrogen) atoms. The predicted molar refractivity (Wildman–Crippen MR) is 38.4 cm³/mol. The Morgan fingerprint density at radius 3 is 2.50 bits per heavy atom. The molecule has 0 bridgehead atoms. The molecule has 0 aromatic rings. The van der Waals surface area contributed by atoms with Crippen LogP contribution in [0.5, 0.6) is 0 Å². The molecule has 0 aliphatic heterocycles. The van der Waals surface area contributed by atoms with E-state index in [-0.39, 0.29) is 0 Å². The SMILES string of the molecule is CN(C)CCC(O)C(N)=O. The van der Waals surface area contributed by atoms with E-state index in [9.17, 15) is 4.79 Å². The van der Waals surface area contributed by atoms with Gasteiger partial charge in [0, 0.05) is 6.54 Å². The number of amides is 1. The van der Waals surface area contributed by atoms with Gasteiger partial charge in [0.1, 0.15) is 6.10 Å². The van der Waals surface area contributed by atoms with Crippen molar-refractivity contribution in [2.24, 2.45) is 5.73 Å². The highest BCUT2D eigenvalue weighted by atomic mass is 16.3. The number of rotatable bonds is 4. The summed E-state index contributed by atoms with van der Waals surface area (Å²) in [7, 11) is 3.74. The van der Waals surface area contributed by atoms with Crippen molar-refractivity contribution in [1.29, 1.82) is 0 Å². The lowest BCUT2D eigenvalue weighted by Gasteiger charge is -2.10. The number of nitrogens with two attached hydrogens (primary N) is 1. The summed E-state index contributed by atoms with van der Waals surface area (Å²) < 4.78 is 0. The molecule has 1 unspecified atom stereocenters.